The molecule has 1 aliphatic heterocycles. The predicted molar refractivity (Wildman–Crippen MR) is 73.4 cm³/mol. The molecular weight excluding hydrogens is 212 g/mol. The zero-order chi connectivity index (χ0) is 12.9. The minimum Gasteiger partial charge on any atom is -0.381 e. The van der Waals surface area contributed by atoms with Gasteiger partial charge in [-0.25, -0.2) is 0 Å². The predicted octanol–water partition coefficient (Wildman–Crippen LogP) is 2.12. The summed E-state index contributed by atoms with van der Waals surface area (Å²) in [5.41, 5.74) is 0.216. The Labute approximate surface area is 107 Å². The van der Waals surface area contributed by atoms with Gasteiger partial charge in [-0.2, -0.15) is 0 Å². The summed E-state index contributed by atoms with van der Waals surface area (Å²) >= 11 is 0. The van der Waals surface area contributed by atoms with Crippen LogP contribution in [-0.2, 0) is 4.74 Å². The van der Waals surface area contributed by atoms with Gasteiger partial charge in [0.1, 0.15) is 0 Å². The Morgan fingerprint density at radius 2 is 1.88 bits per heavy atom. The standard InChI is InChI=1S/C14H30N2O/c1-12(10-15-14(2,3)4)16(5)11-13-6-8-17-9-7-13/h12-13,15H,6-11H2,1-5H3. The van der Waals surface area contributed by atoms with Crippen molar-refractivity contribution in [1.82, 2.24) is 10.2 Å². The lowest BCUT2D eigenvalue weighted by Crippen LogP contribution is -2.46. The Bertz CT molecular complexity index is 207. The van der Waals surface area contributed by atoms with Crippen LogP contribution in [0.5, 0.6) is 0 Å². The highest BCUT2D eigenvalue weighted by Crippen LogP contribution is 2.16. The highest BCUT2D eigenvalue weighted by molar-refractivity contribution is 4.77. The smallest absolute Gasteiger partial charge is 0.0469 e. The van der Waals surface area contributed by atoms with Crippen molar-refractivity contribution in [2.45, 2.75) is 52.1 Å². The van der Waals surface area contributed by atoms with Gasteiger partial charge in [0.2, 0.25) is 0 Å². The molecule has 0 bridgehead atoms. The number of ether oxygens (including phenoxy) is 1. The van der Waals surface area contributed by atoms with E-state index >= 15 is 0 Å². The van der Waals surface area contributed by atoms with Crippen LogP contribution in [0.25, 0.3) is 0 Å². The van der Waals surface area contributed by atoms with Crippen LogP contribution in [0.3, 0.4) is 0 Å². The van der Waals surface area contributed by atoms with Gasteiger partial charge >= 0.3 is 0 Å². The van der Waals surface area contributed by atoms with Crippen LogP contribution in [-0.4, -0.2) is 49.8 Å². The summed E-state index contributed by atoms with van der Waals surface area (Å²) in [7, 11) is 2.24. The molecule has 1 fully saturated rings. The van der Waals surface area contributed by atoms with E-state index in [2.05, 4.69) is 45.0 Å². The van der Waals surface area contributed by atoms with Crippen molar-refractivity contribution in [1.29, 1.82) is 0 Å². The molecule has 17 heavy (non-hydrogen) atoms. The summed E-state index contributed by atoms with van der Waals surface area (Å²) in [4.78, 5) is 2.48. The van der Waals surface area contributed by atoms with Gasteiger partial charge in [0.05, 0.1) is 0 Å². The van der Waals surface area contributed by atoms with E-state index in [4.69, 9.17) is 4.74 Å². The zero-order valence-corrected chi connectivity index (χ0v) is 12.3. The number of hydrogen-bond acceptors (Lipinski definition) is 3. The molecule has 0 aromatic rings. The van der Waals surface area contributed by atoms with Gasteiger partial charge in [-0.1, -0.05) is 0 Å². The molecular formula is C14H30N2O. The quantitative estimate of drug-likeness (QED) is 0.799. The molecule has 1 unspecified atom stereocenters. The van der Waals surface area contributed by atoms with Crippen molar-refractivity contribution in [3.05, 3.63) is 0 Å². The molecule has 0 aromatic heterocycles. The van der Waals surface area contributed by atoms with Crippen molar-refractivity contribution in [3.8, 4) is 0 Å². The Morgan fingerprint density at radius 3 is 2.41 bits per heavy atom. The second-order valence-electron chi connectivity index (χ2n) is 6.48. The van der Waals surface area contributed by atoms with Gasteiger partial charge in [0.15, 0.2) is 0 Å². The van der Waals surface area contributed by atoms with Gasteiger partial charge < -0.3 is 15.0 Å². The molecule has 0 amide bonds. The molecule has 0 radical (unpaired) electrons. The van der Waals surface area contributed by atoms with E-state index in [9.17, 15) is 0 Å². The third-order valence-corrected chi connectivity index (χ3v) is 3.57. The maximum absolute atomic E-state index is 5.40. The third-order valence-electron chi connectivity index (χ3n) is 3.57. The molecule has 3 nitrogen and oxygen atoms in total. The summed E-state index contributed by atoms with van der Waals surface area (Å²) in [6, 6.07) is 0.595. The maximum Gasteiger partial charge on any atom is 0.0469 e. The van der Waals surface area contributed by atoms with Crippen LogP contribution in [0.4, 0.5) is 0 Å². The van der Waals surface area contributed by atoms with E-state index in [1.165, 1.54) is 19.4 Å². The first kappa shape index (κ1) is 14.9. The van der Waals surface area contributed by atoms with Gasteiger partial charge in [0, 0.05) is 37.9 Å². The summed E-state index contributed by atoms with van der Waals surface area (Å²) in [5, 5.41) is 3.57. The van der Waals surface area contributed by atoms with E-state index in [1.54, 1.807) is 0 Å². The lowest BCUT2D eigenvalue weighted by Gasteiger charge is -2.33. The largest absolute Gasteiger partial charge is 0.381 e. The Kier molecular flexibility index (Phi) is 5.90. The average molecular weight is 242 g/mol. The molecule has 1 atom stereocenters. The molecule has 0 saturated carbocycles. The minimum atomic E-state index is 0.216. The maximum atomic E-state index is 5.40. The first-order valence-corrected chi connectivity index (χ1v) is 6.91. The van der Waals surface area contributed by atoms with Crippen molar-refractivity contribution >= 4 is 0 Å². The molecule has 1 aliphatic rings. The molecule has 0 aromatic carbocycles. The normalized spacial score (nSPS) is 20.8. The van der Waals surface area contributed by atoms with E-state index in [1.807, 2.05) is 0 Å². The lowest BCUT2D eigenvalue weighted by atomic mass is 9.99. The fraction of sp³-hybridized carbons (Fsp3) is 1.00. The molecule has 102 valence electrons. The van der Waals surface area contributed by atoms with E-state index in [-0.39, 0.29) is 5.54 Å². The molecule has 3 heteroatoms. The second kappa shape index (κ2) is 6.72. The fourth-order valence-corrected chi connectivity index (χ4v) is 2.13. The van der Waals surface area contributed by atoms with Crippen molar-refractivity contribution < 1.29 is 4.74 Å². The number of likely N-dealkylation sites (N-methyl/N-ethyl adjacent to an activating group) is 1. The number of nitrogens with zero attached hydrogens (tertiary/aromatic N) is 1. The minimum absolute atomic E-state index is 0.216. The Hall–Kier alpha value is -0.120. The molecule has 1 N–H and O–H groups in total. The lowest BCUT2D eigenvalue weighted by molar-refractivity contribution is 0.0510. The van der Waals surface area contributed by atoms with Crippen LogP contribution in [0, 0.1) is 5.92 Å². The van der Waals surface area contributed by atoms with Crippen molar-refractivity contribution in [2.24, 2.45) is 5.92 Å². The molecule has 0 aliphatic carbocycles. The van der Waals surface area contributed by atoms with Crippen LogP contribution in [0.2, 0.25) is 0 Å². The van der Waals surface area contributed by atoms with Gasteiger partial charge in [-0.05, 0) is 53.5 Å². The van der Waals surface area contributed by atoms with E-state index < -0.39 is 0 Å². The third kappa shape index (κ3) is 6.39. The number of nitrogens with one attached hydrogen (secondary N) is 1. The molecule has 1 saturated heterocycles. The van der Waals surface area contributed by atoms with Gasteiger partial charge in [-0.15, -0.1) is 0 Å². The summed E-state index contributed by atoms with van der Waals surface area (Å²) in [5.74, 6) is 0.825. The average Bonchev–Trinajstić information content (AvgIpc) is 2.26. The summed E-state index contributed by atoms with van der Waals surface area (Å²) < 4.78 is 5.40. The second-order valence-corrected chi connectivity index (χ2v) is 6.48. The first-order chi connectivity index (χ1) is 7.88. The molecule has 0 spiro atoms. The van der Waals surface area contributed by atoms with Crippen LogP contribution in [0.15, 0.2) is 0 Å². The monoisotopic (exact) mass is 242 g/mol. The van der Waals surface area contributed by atoms with Crippen LogP contribution in [0.1, 0.15) is 40.5 Å². The fourth-order valence-electron chi connectivity index (χ4n) is 2.13. The van der Waals surface area contributed by atoms with Crippen LogP contribution < -0.4 is 5.32 Å². The number of hydrogen-bond donors (Lipinski definition) is 1. The zero-order valence-electron chi connectivity index (χ0n) is 12.3. The molecule has 1 rings (SSSR count). The topological polar surface area (TPSA) is 24.5 Å². The Morgan fingerprint density at radius 1 is 1.29 bits per heavy atom. The summed E-state index contributed by atoms with van der Waals surface area (Å²) in [6.45, 7) is 13.1. The SMILES string of the molecule is CC(CNC(C)(C)C)N(C)CC1CCOCC1. The van der Waals surface area contributed by atoms with Crippen molar-refractivity contribution in [2.75, 3.05) is 33.4 Å². The van der Waals surface area contributed by atoms with E-state index in [0.29, 0.717) is 6.04 Å². The van der Waals surface area contributed by atoms with Gasteiger partial charge in [-0.3, -0.25) is 0 Å². The first-order valence-electron chi connectivity index (χ1n) is 6.91. The van der Waals surface area contributed by atoms with Crippen LogP contribution >= 0.6 is 0 Å². The Balaban J connectivity index is 2.23. The van der Waals surface area contributed by atoms with Gasteiger partial charge in [0.25, 0.3) is 0 Å². The number of rotatable bonds is 5. The van der Waals surface area contributed by atoms with Crippen molar-refractivity contribution in [3.63, 3.8) is 0 Å². The highest BCUT2D eigenvalue weighted by atomic mass is 16.5. The molecule has 1 heterocycles. The van der Waals surface area contributed by atoms with E-state index in [0.717, 1.165) is 25.7 Å². The highest BCUT2D eigenvalue weighted by Gasteiger charge is 2.19. The summed E-state index contributed by atoms with van der Waals surface area (Å²) in [6.07, 6.45) is 2.45.